The van der Waals surface area contributed by atoms with Crippen LogP contribution < -0.4 is 15.8 Å². The maximum absolute atomic E-state index is 14.2. The number of nitrogens with zero attached hydrogens (tertiary/aromatic N) is 3. The molecule has 9 nitrogen and oxygen atoms in total. The minimum Gasteiger partial charge on any atom is -0.474 e. The number of primary amides is 1. The molecular weight excluding hydrogens is 388 g/mol. The summed E-state index contributed by atoms with van der Waals surface area (Å²) in [6, 6.07) is 1.53. The second-order valence-electron chi connectivity index (χ2n) is 6.54. The zero-order valence-electron chi connectivity index (χ0n) is 15.5. The lowest BCUT2D eigenvalue weighted by Crippen LogP contribution is -2.41. The number of rotatable bonds is 5. The number of amides is 2. The molecule has 29 heavy (non-hydrogen) atoms. The Morgan fingerprint density at radius 1 is 1.24 bits per heavy atom. The zero-order valence-corrected chi connectivity index (χ0v) is 15.5. The highest BCUT2D eigenvalue weighted by Crippen LogP contribution is 2.28. The molecule has 0 radical (unpaired) electrons. The standard InChI is InChI=1S/C18H19F2N5O4/c1-9-16(24-14-7-12(19)11(15(21)26)6-13(14)20)22-8-23-17(9)29-10-2-4-25(5-3-10)18(27)28/h6-8,10H,2-5H2,1H3,(H2,21,26)(H,27,28)(H,22,23,24). The molecule has 0 saturated carbocycles. The molecule has 3 rings (SSSR count). The zero-order chi connectivity index (χ0) is 21.1. The molecule has 0 bridgehead atoms. The molecule has 1 fully saturated rings. The number of carboxylic acid groups (broad SMARTS) is 1. The minimum absolute atomic E-state index is 0.197. The van der Waals surface area contributed by atoms with Gasteiger partial charge in [0.15, 0.2) is 0 Å². The van der Waals surface area contributed by atoms with Gasteiger partial charge >= 0.3 is 6.09 Å². The van der Waals surface area contributed by atoms with Gasteiger partial charge < -0.3 is 25.8 Å². The van der Waals surface area contributed by atoms with Gasteiger partial charge in [-0.1, -0.05) is 0 Å². The van der Waals surface area contributed by atoms with E-state index >= 15 is 0 Å². The van der Waals surface area contributed by atoms with Crippen LogP contribution in [0.3, 0.4) is 0 Å². The number of carbonyl (C=O) groups is 2. The SMILES string of the molecule is Cc1c(Nc2cc(F)c(C(N)=O)cc2F)ncnc1OC1CCN(C(=O)O)CC1. The van der Waals surface area contributed by atoms with Crippen LogP contribution >= 0.6 is 0 Å². The fraction of sp³-hybridized carbons (Fsp3) is 0.333. The van der Waals surface area contributed by atoms with Crippen molar-refractivity contribution in [2.24, 2.45) is 5.73 Å². The maximum Gasteiger partial charge on any atom is 0.407 e. The number of hydrogen-bond donors (Lipinski definition) is 3. The molecule has 2 heterocycles. The van der Waals surface area contributed by atoms with Gasteiger partial charge in [-0.05, 0) is 13.0 Å². The van der Waals surface area contributed by atoms with E-state index in [-0.39, 0.29) is 23.5 Å². The van der Waals surface area contributed by atoms with Gasteiger partial charge in [-0.15, -0.1) is 0 Å². The number of benzene rings is 1. The summed E-state index contributed by atoms with van der Waals surface area (Å²) in [5, 5.41) is 11.7. The number of halogens is 2. The summed E-state index contributed by atoms with van der Waals surface area (Å²) in [6.45, 7) is 2.36. The highest BCUT2D eigenvalue weighted by molar-refractivity contribution is 5.93. The number of nitrogens with two attached hydrogens (primary N) is 1. The maximum atomic E-state index is 14.2. The molecule has 1 saturated heterocycles. The smallest absolute Gasteiger partial charge is 0.407 e. The largest absolute Gasteiger partial charge is 0.474 e. The van der Waals surface area contributed by atoms with E-state index in [4.69, 9.17) is 15.6 Å². The van der Waals surface area contributed by atoms with Gasteiger partial charge in [-0.2, -0.15) is 0 Å². The second kappa shape index (κ2) is 8.25. The van der Waals surface area contributed by atoms with Gasteiger partial charge in [-0.3, -0.25) is 4.79 Å². The van der Waals surface area contributed by atoms with Gasteiger partial charge in [-0.25, -0.2) is 23.5 Å². The Labute approximate surface area is 164 Å². The third-order valence-electron chi connectivity index (χ3n) is 4.60. The van der Waals surface area contributed by atoms with E-state index in [0.717, 1.165) is 6.07 Å². The highest BCUT2D eigenvalue weighted by Gasteiger charge is 2.25. The Bertz CT molecular complexity index is 948. The van der Waals surface area contributed by atoms with Crippen molar-refractivity contribution in [2.45, 2.75) is 25.9 Å². The number of hydrogen-bond acceptors (Lipinski definition) is 6. The molecule has 2 aromatic rings. The summed E-state index contributed by atoms with van der Waals surface area (Å²) < 4.78 is 34.0. The number of nitrogens with one attached hydrogen (secondary N) is 1. The van der Waals surface area contributed by atoms with Gasteiger partial charge in [0.1, 0.15) is 29.9 Å². The lowest BCUT2D eigenvalue weighted by atomic mass is 10.1. The van der Waals surface area contributed by atoms with E-state index in [2.05, 4.69) is 15.3 Å². The van der Waals surface area contributed by atoms with Crippen molar-refractivity contribution in [1.82, 2.24) is 14.9 Å². The molecule has 0 aliphatic carbocycles. The van der Waals surface area contributed by atoms with Crippen LogP contribution in [0.15, 0.2) is 18.5 Å². The van der Waals surface area contributed by atoms with E-state index < -0.39 is 29.2 Å². The molecule has 1 aromatic carbocycles. The fourth-order valence-corrected chi connectivity index (χ4v) is 2.96. The van der Waals surface area contributed by atoms with Crippen LogP contribution in [0.1, 0.15) is 28.8 Å². The summed E-state index contributed by atoms with van der Waals surface area (Å²) in [4.78, 5) is 31.5. The van der Waals surface area contributed by atoms with E-state index in [0.29, 0.717) is 37.6 Å². The average Bonchev–Trinajstić information content (AvgIpc) is 2.67. The molecule has 11 heteroatoms. The number of aromatic nitrogens is 2. The highest BCUT2D eigenvalue weighted by atomic mass is 19.1. The van der Waals surface area contributed by atoms with Crippen LogP contribution in [-0.2, 0) is 0 Å². The summed E-state index contributed by atoms with van der Waals surface area (Å²) in [7, 11) is 0. The monoisotopic (exact) mass is 407 g/mol. The Balaban J connectivity index is 1.75. The first-order chi connectivity index (χ1) is 13.8. The van der Waals surface area contributed by atoms with Crippen molar-refractivity contribution in [1.29, 1.82) is 0 Å². The second-order valence-corrected chi connectivity index (χ2v) is 6.54. The van der Waals surface area contributed by atoms with Crippen LogP contribution in [0.2, 0.25) is 0 Å². The molecule has 154 valence electrons. The van der Waals surface area contributed by atoms with Crippen LogP contribution in [-0.4, -0.2) is 51.2 Å². The molecule has 1 aromatic heterocycles. The third-order valence-corrected chi connectivity index (χ3v) is 4.60. The van der Waals surface area contributed by atoms with E-state index in [1.165, 1.54) is 11.2 Å². The van der Waals surface area contributed by atoms with Crippen LogP contribution in [0.4, 0.5) is 25.1 Å². The number of ether oxygens (including phenoxy) is 1. The van der Waals surface area contributed by atoms with Crippen molar-refractivity contribution in [3.63, 3.8) is 0 Å². The van der Waals surface area contributed by atoms with Crippen LogP contribution in [0, 0.1) is 18.6 Å². The van der Waals surface area contributed by atoms with Gasteiger partial charge in [0, 0.05) is 32.0 Å². The quantitative estimate of drug-likeness (QED) is 0.694. The topological polar surface area (TPSA) is 131 Å². The van der Waals surface area contributed by atoms with Crippen LogP contribution in [0.25, 0.3) is 0 Å². The number of likely N-dealkylation sites (tertiary alicyclic amines) is 1. The first-order valence-corrected chi connectivity index (χ1v) is 8.78. The van der Waals surface area contributed by atoms with E-state index in [1.54, 1.807) is 6.92 Å². The van der Waals surface area contributed by atoms with Gasteiger partial charge in [0.05, 0.1) is 16.8 Å². The Morgan fingerprint density at radius 2 is 1.93 bits per heavy atom. The van der Waals surface area contributed by atoms with Crippen molar-refractivity contribution < 1.29 is 28.2 Å². The summed E-state index contributed by atoms with van der Waals surface area (Å²) in [5.41, 5.74) is 4.69. The van der Waals surface area contributed by atoms with Crippen molar-refractivity contribution in [3.05, 3.63) is 41.2 Å². The lowest BCUT2D eigenvalue weighted by Gasteiger charge is -2.30. The van der Waals surface area contributed by atoms with Crippen LogP contribution in [0.5, 0.6) is 5.88 Å². The average molecular weight is 407 g/mol. The lowest BCUT2D eigenvalue weighted by molar-refractivity contribution is 0.0866. The van der Waals surface area contributed by atoms with Crippen molar-refractivity contribution in [3.8, 4) is 5.88 Å². The predicted molar refractivity (Wildman–Crippen MR) is 98.2 cm³/mol. The summed E-state index contributed by atoms with van der Waals surface area (Å²) in [6.07, 6.45) is 1.03. The molecule has 4 N–H and O–H groups in total. The molecular formula is C18H19F2N5O4. The molecule has 1 aliphatic heterocycles. The molecule has 0 spiro atoms. The summed E-state index contributed by atoms with van der Waals surface area (Å²) in [5.74, 6) is -2.46. The van der Waals surface area contributed by atoms with Crippen molar-refractivity contribution in [2.75, 3.05) is 18.4 Å². The Morgan fingerprint density at radius 3 is 2.55 bits per heavy atom. The Hall–Kier alpha value is -3.50. The molecule has 0 unspecified atom stereocenters. The summed E-state index contributed by atoms with van der Waals surface area (Å²) >= 11 is 0. The fourth-order valence-electron chi connectivity index (χ4n) is 2.96. The normalized spacial score (nSPS) is 14.5. The first kappa shape index (κ1) is 20.2. The molecule has 2 amide bonds. The Kier molecular flexibility index (Phi) is 5.76. The number of carbonyl (C=O) groups excluding carboxylic acids is 1. The van der Waals surface area contributed by atoms with E-state index in [9.17, 15) is 18.4 Å². The predicted octanol–water partition coefficient (Wildman–Crippen LogP) is 2.43. The minimum atomic E-state index is -1.07. The third kappa shape index (κ3) is 4.50. The molecule has 1 aliphatic rings. The van der Waals surface area contributed by atoms with E-state index in [1.807, 2.05) is 0 Å². The number of piperidine rings is 1. The first-order valence-electron chi connectivity index (χ1n) is 8.78. The number of anilines is 2. The molecule has 0 atom stereocenters. The van der Waals surface area contributed by atoms with Crippen molar-refractivity contribution >= 4 is 23.5 Å². The van der Waals surface area contributed by atoms with Gasteiger partial charge in [0.25, 0.3) is 5.91 Å². The van der Waals surface area contributed by atoms with Gasteiger partial charge in [0.2, 0.25) is 5.88 Å².